The summed E-state index contributed by atoms with van der Waals surface area (Å²) in [7, 11) is 1.35. The summed E-state index contributed by atoms with van der Waals surface area (Å²) < 4.78 is 4.77. The molecular formula is C15H16N2O3. The molecule has 3 rings (SSSR count). The van der Waals surface area contributed by atoms with Crippen LogP contribution in [0.1, 0.15) is 23.3 Å². The van der Waals surface area contributed by atoms with Gasteiger partial charge in [-0.2, -0.15) is 0 Å². The number of esters is 1. The summed E-state index contributed by atoms with van der Waals surface area (Å²) in [4.78, 5) is 28.9. The van der Waals surface area contributed by atoms with Crippen molar-refractivity contribution in [3.05, 3.63) is 36.0 Å². The standard InChI is InChI=1S/C15H16N2O3/c1-20-15(19)13-7-4-8-17(13)14(18)12-9-10-5-2-3-6-11(10)16-12/h2-3,5-6,9,13,16H,4,7-8H2,1H3. The average molecular weight is 272 g/mol. The molecule has 0 aliphatic carbocycles. The summed E-state index contributed by atoms with van der Waals surface area (Å²) in [5.74, 6) is -0.485. The minimum atomic E-state index is -0.459. The summed E-state index contributed by atoms with van der Waals surface area (Å²) in [6.07, 6.45) is 1.49. The highest BCUT2D eigenvalue weighted by atomic mass is 16.5. The first-order valence-electron chi connectivity index (χ1n) is 6.67. The number of ether oxygens (including phenoxy) is 1. The minimum absolute atomic E-state index is 0.144. The van der Waals surface area contributed by atoms with Crippen LogP contribution in [0.5, 0.6) is 0 Å². The summed E-state index contributed by atoms with van der Waals surface area (Å²) >= 11 is 0. The molecule has 104 valence electrons. The third kappa shape index (κ3) is 2.05. The van der Waals surface area contributed by atoms with Crippen LogP contribution in [-0.2, 0) is 9.53 Å². The van der Waals surface area contributed by atoms with E-state index in [4.69, 9.17) is 4.74 Å². The Morgan fingerprint density at radius 2 is 2.15 bits per heavy atom. The number of hydrogen-bond acceptors (Lipinski definition) is 3. The SMILES string of the molecule is COC(=O)C1CCCN1C(=O)c1cc2ccccc2[nH]1. The van der Waals surface area contributed by atoms with Crippen molar-refractivity contribution in [1.29, 1.82) is 0 Å². The maximum atomic E-state index is 12.5. The fourth-order valence-electron chi connectivity index (χ4n) is 2.73. The second kappa shape index (κ2) is 5.00. The monoisotopic (exact) mass is 272 g/mol. The summed E-state index contributed by atoms with van der Waals surface area (Å²) in [6, 6.07) is 9.08. The topological polar surface area (TPSA) is 62.4 Å². The van der Waals surface area contributed by atoms with Crippen LogP contribution in [0.15, 0.2) is 30.3 Å². The number of hydrogen-bond donors (Lipinski definition) is 1. The lowest BCUT2D eigenvalue weighted by Gasteiger charge is -2.21. The lowest BCUT2D eigenvalue weighted by Crippen LogP contribution is -2.41. The van der Waals surface area contributed by atoms with Crippen molar-refractivity contribution in [2.45, 2.75) is 18.9 Å². The maximum absolute atomic E-state index is 12.5. The van der Waals surface area contributed by atoms with Crippen LogP contribution in [0.2, 0.25) is 0 Å². The van der Waals surface area contributed by atoms with Gasteiger partial charge in [-0.05, 0) is 25.0 Å². The highest BCUT2D eigenvalue weighted by Gasteiger charge is 2.35. The summed E-state index contributed by atoms with van der Waals surface area (Å²) in [6.45, 7) is 0.591. The Morgan fingerprint density at radius 3 is 2.90 bits per heavy atom. The number of benzene rings is 1. The molecule has 1 unspecified atom stereocenters. The van der Waals surface area contributed by atoms with Gasteiger partial charge in [-0.1, -0.05) is 18.2 Å². The van der Waals surface area contributed by atoms with Gasteiger partial charge in [0.25, 0.3) is 5.91 Å². The molecule has 1 amide bonds. The summed E-state index contributed by atoms with van der Waals surface area (Å²) in [5.41, 5.74) is 1.44. The van der Waals surface area contributed by atoms with Gasteiger partial charge in [0.05, 0.1) is 7.11 Å². The van der Waals surface area contributed by atoms with Crippen molar-refractivity contribution < 1.29 is 14.3 Å². The van der Waals surface area contributed by atoms with Gasteiger partial charge in [0.2, 0.25) is 0 Å². The van der Waals surface area contributed by atoms with Gasteiger partial charge in [-0.15, -0.1) is 0 Å². The number of carbonyl (C=O) groups is 2. The molecule has 1 fully saturated rings. The van der Waals surface area contributed by atoms with Crippen molar-refractivity contribution in [3.63, 3.8) is 0 Å². The van der Waals surface area contributed by atoms with Crippen molar-refractivity contribution >= 4 is 22.8 Å². The van der Waals surface area contributed by atoms with Gasteiger partial charge in [0, 0.05) is 17.4 Å². The molecule has 1 saturated heterocycles. The first kappa shape index (κ1) is 12.7. The number of para-hydroxylation sites is 1. The van der Waals surface area contributed by atoms with Gasteiger partial charge in [-0.25, -0.2) is 4.79 Å². The number of amides is 1. The molecule has 0 radical (unpaired) electrons. The van der Waals surface area contributed by atoms with Gasteiger partial charge in [-0.3, -0.25) is 4.79 Å². The van der Waals surface area contributed by atoms with E-state index in [0.29, 0.717) is 18.7 Å². The van der Waals surface area contributed by atoms with Crippen LogP contribution in [0.3, 0.4) is 0 Å². The van der Waals surface area contributed by atoms with Crippen LogP contribution in [0, 0.1) is 0 Å². The van der Waals surface area contributed by atoms with Gasteiger partial charge >= 0.3 is 5.97 Å². The molecule has 1 aliphatic heterocycles. The first-order valence-corrected chi connectivity index (χ1v) is 6.67. The zero-order valence-corrected chi connectivity index (χ0v) is 11.3. The highest BCUT2D eigenvalue weighted by Crippen LogP contribution is 2.22. The van der Waals surface area contributed by atoms with E-state index in [9.17, 15) is 9.59 Å². The molecule has 5 heteroatoms. The number of aromatic nitrogens is 1. The molecular weight excluding hydrogens is 256 g/mol. The minimum Gasteiger partial charge on any atom is -0.467 e. The third-order valence-corrected chi connectivity index (χ3v) is 3.75. The smallest absolute Gasteiger partial charge is 0.328 e. The second-order valence-corrected chi connectivity index (χ2v) is 4.95. The lowest BCUT2D eigenvalue weighted by molar-refractivity contribution is -0.145. The predicted molar refractivity (Wildman–Crippen MR) is 74.4 cm³/mol. The van der Waals surface area contributed by atoms with Crippen molar-refractivity contribution in [3.8, 4) is 0 Å². The molecule has 1 N–H and O–H groups in total. The average Bonchev–Trinajstić information content (AvgIpc) is 3.11. The molecule has 0 spiro atoms. The highest BCUT2D eigenvalue weighted by molar-refractivity contribution is 6.00. The number of methoxy groups -OCH3 is 1. The van der Waals surface area contributed by atoms with Gasteiger partial charge in [0.15, 0.2) is 0 Å². The number of nitrogens with zero attached hydrogens (tertiary/aromatic N) is 1. The van der Waals surface area contributed by atoms with E-state index < -0.39 is 6.04 Å². The molecule has 1 aromatic carbocycles. The second-order valence-electron chi connectivity index (χ2n) is 4.95. The molecule has 5 nitrogen and oxygen atoms in total. The van der Waals surface area contributed by atoms with Crippen LogP contribution in [-0.4, -0.2) is 41.5 Å². The Kier molecular flexibility index (Phi) is 3.18. The van der Waals surface area contributed by atoms with Gasteiger partial charge < -0.3 is 14.6 Å². The number of aromatic amines is 1. The van der Waals surface area contributed by atoms with Crippen LogP contribution in [0.25, 0.3) is 10.9 Å². The zero-order valence-electron chi connectivity index (χ0n) is 11.3. The third-order valence-electron chi connectivity index (χ3n) is 3.75. The van der Waals surface area contributed by atoms with Crippen molar-refractivity contribution in [2.75, 3.05) is 13.7 Å². The fraction of sp³-hybridized carbons (Fsp3) is 0.333. The Balaban J connectivity index is 1.89. The maximum Gasteiger partial charge on any atom is 0.328 e. The quantitative estimate of drug-likeness (QED) is 0.850. The van der Waals surface area contributed by atoms with E-state index in [1.165, 1.54) is 7.11 Å². The number of nitrogens with one attached hydrogen (secondary N) is 1. The molecule has 1 atom stereocenters. The van der Waals surface area contributed by atoms with Crippen molar-refractivity contribution in [1.82, 2.24) is 9.88 Å². The molecule has 2 aromatic rings. The van der Waals surface area contributed by atoms with Crippen molar-refractivity contribution in [2.24, 2.45) is 0 Å². The van der Waals surface area contributed by atoms with Crippen LogP contribution in [0.4, 0.5) is 0 Å². The molecule has 0 saturated carbocycles. The number of likely N-dealkylation sites (tertiary alicyclic amines) is 1. The molecule has 1 aromatic heterocycles. The normalized spacial score (nSPS) is 18.4. The predicted octanol–water partition coefficient (Wildman–Crippen LogP) is 1.95. The first-order chi connectivity index (χ1) is 9.70. The molecule has 2 heterocycles. The van der Waals surface area contributed by atoms with E-state index in [2.05, 4.69) is 4.98 Å². The number of rotatable bonds is 2. The number of carbonyl (C=O) groups excluding carboxylic acids is 2. The number of fused-ring (bicyclic) bond motifs is 1. The van der Waals surface area contributed by atoms with E-state index in [1.807, 2.05) is 30.3 Å². The Morgan fingerprint density at radius 1 is 1.35 bits per heavy atom. The fourth-order valence-corrected chi connectivity index (χ4v) is 2.73. The molecule has 1 aliphatic rings. The summed E-state index contributed by atoms with van der Waals surface area (Å²) in [5, 5.41) is 0.990. The van der Waals surface area contributed by atoms with Crippen LogP contribution < -0.4 is 0 Å². The Bertz CT molecular complexity index is 629. The van der Waals surface area contributed by atoms with E-state index in [1.54, 1.807) is 4.90 Å². The number of H-pyrrole nitrogens is 1. The Labute approximate surface area is 116 Å². The largest absolute Gasteiger partial charge is 0.467 e. The lowest BCUT2D eigenvalue weighted by atomic mass is 10.2. The zero-order chi connectivity index (χ0) is 14.1. The van der Waals surface area contributed by atoms with E-state index in [0.717, 1.165) is 17.3 Å². The van der Waals surface area contributed by atoms with Gasteiger partial charge in [0.1, 0.15) is 11.7 Å². The van der Waals surface area contributed by atoms with E-state index in [-0.39, 0.29) is 11.9 Å². The molecule has 0 bridgehead atoms. The molecule has 20 heavy (non-hydrogen) atoms. The van der Waals surface area contributed by atoms with E-state index >= 15 is 0 Å². The Hall–Kier alpha value is -2.30. The van der Waals surface area contributed by atoms with Crippen LogP contribution >= 0.6 is 0 Å².